The minimum atomic E-state index is -0.264. The highest BCUT2D eigenvalue weighted by atomic mass is 16.5. The largest absolute Gasteiger partial charge is 0.468 e. The number of carbonyl (C=O) groups excluding carboxylic acids is 1. The lowest BCUT2D eigenvalue weighted by Gasteiger charge is -2.37. The first kappa shape index (κ1) is 16.4. The molecule has 1 saturated carbocycles. The number of methoxy groups -OCH3 is 1. The SMILES string of the molecule is CCC(C)C(NCC1(CO)CCCCC1)C(=O)OC. The Morgan fingerprint density at radius 2 is 2.00 bits per heavy atom. The first-order valence-electron chi connectivity index (χ1n) is 7.50. The normalized spacial score (nSPS) is 21.7. The highest BCUT2D eigenvalue weighted by Gasteiger charge is 2.34. The second kappa shape index (κ2) is 7.85. The van der Waals surface area contributed by atoms with Crippen LogP contribution in [0, 0.1) is 11.3 Å². The third-order valence-corrected chi connectivity index (χ3v) is 4.61. The molecule has 2 atom stereocenters. The number of hydrogen-bond acceptors (Lipinski definition) is 4. The highest BCUT2D eigenvalue weighted by molar-refractivity contribution is 5.75. The van der Waals surface area contributed by atoms with Crippen molar-refractivity contribution in [3.8, 4) is 0 Å². The Morgan fingerprint density at radius 1 is 1.37 bits per heavy atom. The van der Waals surface area contributed by atoms with Crippen LogP contribution >= 0.6 is 0 Å². The van der Waals surface area contributed by atoms with Gasteiger partial charge in [-0.15, -0.1) is 0 Å². The van der Waals surface area contributed by atoms with Gasteiger partial charge >= 0.3 is 5.97 Å². The molecule has 1 fully saturated rings. The van der Waals surface area contributed by atoms with Crippen molar-refractivity contribution in [1.82, 2.24) is 5.32 Å². The average molecular weight is 271 g/mol. The van der Waals surface area contributed by atoms with E-state index in [-0.39, 0.29) is 30.0 Å². The molecule has 0 amide bonds. The lowest BCUT2D eigenvalue weighted by molar-refractivity contribution is -0.144. The van der Waals surface area contributed by atoms with Gasteiger partial charge in [-0.2, -0.15) is 0 Å². The maximum Gasteiger partial charge on any atom is 0.323 e. The molecule has 112 valence electrons. The average Bonchev–Trinajstić information content (AvgIpc) is 2.47. The molecule has 2 unspecified atom stereocenters. The van der Waals surface area contributed by atoms with Crippen molar-refractivity contribution < 1.29 is 14.6 Å². The molecule has 0 aliphatic heterocycles. The van der Waals surface area contributed by atoms with Crippen molar-refractivity contribution in [3.63, 3.8) is 0 Å². The van der Waals surface area contributed by atoms with Crippen LogP contribution in [0.25, 0.3) is 0 Å². The number of nitrogens with one attached hydrogen (secondary N) is 1. The summed E-state index contributed by atoms with van der Waals surface area (Å²) in [5.74, 6) is 0.0463. The molecule has 0 heterocycles. The van der Waals surface area contributed by atoms with Gasteiger partial charge < -0.3 is 15.2 Å². The fraction of sp³-hybridized carbons (Fsp3) is 0.933. The van der Waals surface area contributed by atoms with Gasteiger partial charge in [-0.05, 0) is 18.8 Å². The van der Waals surface area contributed by atoms with Crippen LogP contribution in [0.4, 0.5) is 0 Å². The molecule has 4 nitrogen and oxygen atoms in total. The Labute approximate surface area is 116 Å². The van der Waals surface area contributed by atoms with E-state index < -0.39 is 0 Å². The van der Waals surface area contributed by atoms with E-state index in [4.69, 9.17) is 4.74 Å². The minimum absolute atomic E-state index is 0.0437. The van der Waals surface area contributed by atoms with E-state index >= 15 is 0 Å². The zero-order chi connectivity index (χ0) is 14.3. The maximum absolute atomic E-state index is 11.8. The van der Waals surface area contributed by atoms with Crippen molar-refractivity contribution in [3.05, 3.63) is 0 Å². The summed E-state index contributed by atoms with van der Waals surface area (Å²) >= 11 is 0. The fourth-order valence-electron chi connectivity index (χ4n) is 2.90. The minimum Gasteiger partial charge on any atom is -0.468 e. The molecule has 0 aromatic heterocycles. The second-order valence-corrected chi connectivity index (χ2v) is 5.99. The van der Waals surface area contributed by atoms with E-state index in [2.05, 4.69) is 19.2 Å². The summed E-state index contributed by atoms with van der Waals surface area (Å²) < 4.78 is 4.88. The highest BCUT2D eigenvalue weighted by Crippen LogP contribution is 2.35. The Bertz CT molecular complexity index is 275. The molecule has 2 N–H and O–H groups in total. The maximum atomic E-state index is 11.8. The van der Waals surface area contributed by atoms with Gasteiger partial charge in [-0.1, -0.05) is 39.5 Å². The topological polar surface area (TPSA) is 58.6 Å². The number of carbonyl (C=O) groups is 1. The Kier molecular flexibility index (Phi) is 6.80. The molecular weight excluding hydrogens is 242 g/mol. The molecule has 4 heteroatoms. The second-order valence-electron chi connectivity index (χ2n) is 5.99. The summed E-state index contributed by atoms with van der Waals surface area (Å²) in [5.41, 5.74) is -0.0437. The van der Waals surface area contributed by atoms with Crippen LogP contribution < -0.4 is 5.32 Å². The van der Waals surface area contributed by atoms with Gasteiger partial charge in [0.15, 0.2) is 0 Å². The van der Waals surface area contributed by atoms with Gasteiger partial charge in [0.05, 0.1) is 7.11 Å². The molecule has 0 radical (unpaired) electrons. The molecular formula is C15H29NO3. The first-order chi connectivity index (χ1) is 9.08. The third-order valence-electron chi connectivity index (χ3n) is 4.61. The quantitative estimate of drug-likeness (QED) is 0.696. The van der Waals surface area contributed by atoms with Crippen molar-refractivity contribution in [1.29, 1.82) is 0 Å². The smallest absolute Gasteiger partial charge is 0.323 e. The van der Waals surface area contributed by atoms with Crippen LogP contribution in [-0.4, -0.2) is 37.4 Å². The lowest BCUT2D eigenvalue weighted by Crippen LogP contribution is -2.49. The first-order valence-corrected chi connectivity index (χ1v) is 7.50. The van der Waals surface area contributed by atoms with Gasteiger partial charge in [0.1, 0.15) is 6.04 Å². The number of esters is 1. The van der Waals surface area contributed by atoms with Gasteiger partial charge in [0, 0.05) is 18.6 Å². The predicted octanol–water partition coefficient (Wildman–Crippen LogP) is 2.11. The van der Waals surface area contributed by atoms with E-state index in [0.717, 1.165) is 19.3 Å². The van der Waals surface area contributed by atoms with Crippen LogP contribution in [0.3, 0.4) is 0 Å². The van der Waals surface area contributed by atoms with Gasteiger partial charge in [0.25, 0.3) is 0 Å². The number of aliphatic hydroxyl groups excluding tert-OH is 1. The summed E-state index contributed by atoms with van der Waals surface area (Å²) in [5, 5.41) is 13.0. The van der Waals surface area contributed by atoms with E-state index in [9.17, 15) is 9.90 Å². The molecule has 0 saturated heterocycles. The van der Waals surface area contributed by atoms with Gasteiger partial charge in [-0.25, -0.2) is 0 Å². The summed E-state index contributed by atoms with van der Waals surface area (Å²) in [6.07, 6.45) is 6.63. The van der Waals surface area contributed by atoms with E-state index in [0.29, 0.717) is 6.54 Å². The molecule has 1 aliphatic rings. The summed E-state index contributed by atoms with van der Waals surface area (Å²) in [7, 11) is 1.43. The van der Waals surface area contributed by atoms with Crippen molar-refractivity contribution in [2.45, 2.75) is 58.4 Å². The zero-order valence-corrected chi connectivity index (χ0v) is 12.6. The Hall–Kier alpha value is -0.610. The number of aliphatic hydroxyl groups is 1. The van der Waals surface area contributed by atoms with Crippen LogP contribution in [0.2, 0.25) is 0 Å². The van der Waals surface area contributed by atoms with Gasteiger partial charge in [0.2, 0.25) is 0 Å². The van der Waals surface area contributed by atoms with Crippen molar-refractivity contribution >= 4 is 5.97 Å². The summed E-state index contributed by atoms with van der Waals surface area (Å²) in [6, 6.07) is -0.264. The number of hydrogen-bond donors (Lipinski definition) is 2. The Balaban J connectivity index is 2.60. The lowest BCUT2D eigenvalue weighted by atomic mass is 9.74. The molecule has 1 aliphatic carbocycles. The van der Waals surface area contributed by atoms with Crippen LogP contribution in [0.5, 0.6) is 0 Å². The van der Waals surface area contributed by atoms with E-state index in [1.54, 1.807) is 0 Å². The van der Waals surface area contributed by atoms with Crippen LogP contribution in [0.1, 0.15) is 52.4 Å². The standard InChI is InChI=1S/C15H29NO3/c1-4-12(2)13(14(18)19-3)16-10-15(11-17)8-6-5-7-9-15/h12-13,16-17H,4-11H2,1-3H3. The van der Waals surface area contributed by atoms with Crippen molar-refractivity contribution in [2.24, 2.45) is 11.3 Å². The number of ether oxygens (including phenoxy) is 1. The zero-order valence-electron chi connectivity index (χ0n) is 12.6. The molecule has 0 bridgehead atoms. The summed E-state index contributed by atoms with van der Waals surface area (Å²) in [6.45, 7) is 5.04. The molecule has 0 aromatic rings. The Morgan fingerprint density at radius 3 is 2.47 bits per heavy atom. The van der Waals surface area contributed by atoms with E-state index in [1.165, 1.54) is 26.4 Å². The third kappa shape index (κ3) is 4.46. The predicted molar refractivity (Wildman–Crippen MR) is 75.9 cm³/mol. The van der Waals surface area contributed by atoms with Crippen LogP contribution in [-0.2, 0) is 9.53 Å². The van der Waals surface area contributed by atoms with Crippen LogP contribution in [0.15, 0.2) is 0 Å². The molecule has 0 spiro atoms. The molecule has 0 aromatic carbocycles. The van der Waals surface area contributed by atoms with Gasteiger partial charge in [-0.3, -0.25) is 4.79 Å². The number of rotatable bonds is 7. The monoisotopic (exact) mass is 271 g/mol. The van der Waals surface area contributed by atoms with Crippen molar-refractivity contribution in [2.75, 3.05) is 20.3 Å². The fourth-order valence-corrected chi connectivity index (χ4v) is 2.90. The molecule has 1 rings (SSSR count). The van der Waals surface area contributed by atoms with E-state index in [1.807, 2.05) is 0 Å². The summed E-state index contributed by atoms with van der Waals surface area (Å²) in [4.78, 5) is 11.8. The molecule has 19 heavy (non-hydrogen) atoms.